The molecule has 0 aliphatic rings. The van der Waals surface area contributed by atoms with Crippen LogP contribution in [0.15, 0.2) is 54.7 Å². The molecule has 5 nitrogen and oxygen atoms in total. The molecule has 0 fully saturated rings. The van der Waals surface area contributed by atoms with E-state index in [1.165, 1.54) is 5.56 Å². The average molecular weight is 326 g/mol. The number of aryl methyl sites for hydroxylation is 1. The van der Waals surface area contributed by atoms with Crippen molar-refractivity contribution in [2.45, 2.75) is 13.5 Å². The van der Waals surface area contributed by atoms with Crippen molar-refractivity contribution in [3.05, 3.63) is 70.9 Å². The van der Waals surface area contributed by atoms with Crippen LogP contribution in [0.4, 0.5) is 17.5 Å². The van der Waals surface area contributed by atoms with Gasteiger partial charge < -0.3 is 10.6 Å². The van der Waals surface area contributed by atoms with Crippen molar-refractivity contribution in [3.8, 4) is 0 Å². The van der Waals surface area contributed by atoms with Crippen LogP contribution in [0.1, 0.15) is 11.1 Å². The van der Waals surface area contributed by atoms with E-state index < -0.39 is 0 Å². The summed E-state index contributed by atoms with van der Waals surface area (Å²) in [5.74, 6) is 1.11. The second-order valence-corrected chi connectivity index (χ2v) is 5.57. The van der Waals surface area contributed by atoms with Crippen molar-refractivity contribution in [2.24, 2.45) is 0 Å². The van der Waals surface area contributed by atoms with Crippen LogP contribution in [0.25, 0.3) is 0 Å². The Bertz CT molecular complexity index is 772. The highest BCUT2D eigenvalue weighted by Crippen LogP contribution is 2.15. The van der Waals surface area contributed by atoms with E-state index in [0.29, 0.717) is 18.3 Å². The number of halogens is 1. The molecule has 0 unspecified atom stereocenters. The van der Waals surface area contributed by atoms with Crippen LogP contribution < -0.4 is 10.6 Å². The number of benzene rings is 2. The van der Waals surface area contributed by atoms with Crippen molar-refractivity contribution in [2.75, 3.05) is 10.6 Å². The van der Waals surface area contributed by atoms with Crippen molar-refractivity contribution in [1.82, 2.24) is 15.2 Å². The first kappa shape index (κ1) is 15.2. The van der Waals surface area contributed by atoms with E-state index in [1.54, 1.807) is 6.20 Å². The summed E-state index contributed by atoms with van der Waals surface area (Å²) in [4.78, 5) is 4.40. The Balaban J connectivity index is 1.65. The number of anilines is 3. The molecular weight excluding hydrogens is 310 g/mol. The summed E-state index contributed by atoms with van der Waals surface area (Å²) < 4.78 is 0. The quantitative estimate of drug-likeness (QED) is 0.736. The lowest BCUT2D eigenvalue weighted by molar-refractivity contribution is 0.966. The van der Waals surface area contributed by atoms with Crippen LogP contribution >= 0.6 is 11.6 Å². The molecule has 0 aliphatic heterocycles. The first-order valence-electron chi connectivity index (χ1n) is 7.21. The smallest absolute Gasteiger partial charge is 0.249 e. The lowest BCUT2D eigenvalue weighted by atomic mass is 10.2. The molecule has 3 rings (SSSR count). The molecule has 0 spiro atoms. The Morgan fingerprint density at radius 1 is 1.00 bits per heavy atom. The van der Waals surface area contributed by atoms with E-state index in [2.05, 4.69) is 25.8 Å². The van der Waals surface area contributed by atoms with Gasteiger partial charge in [-0.05, 0) is 36.8 Å². The Morgan fingerprint density at radius 2 is 1.74 bits per heavy atom. The zero-order chi connectivity index (χ0) is 16.1. The fourth-order valence-electron chi connectivity index (χ4n) is 2.00. The first-order valence-corrected chi connectivity index (χ1v) is 7.58. The van der Waals surface area contributed by atoms with Crippen LogP contribution in [0.3, 0.4) is 0 Å². The van der Waals surface area contributed by atoms with Crippen molar-refractivity contribution in [1.29, 1.82) is 0 Å². The highest BCUT2D eigenvalue weighted by atomic mass is 35.5. The maximum atomic E-state index is 5.88. The fraction of sp³-hybridized carbons (Fsp3) is 0.118. The molecule has 1 heterocycles. The number of hydrogen-bond donors (Lipinski definition) is 2. The average Bonchev–Trinajstić information content (AvgIpc) is 2.57. The molecule has 0 amide bonds. The molecule has 0 atom stereocenters. The third-order valence-corrected chi connectivity index (χ3v) is 3.51. The molecule has 0 aliphatic carbocycles. The highest BCUT2D eigenvalue weighted by Gasteiger charge is 2.02. The number of nitrogens with one attached hydrogen (secondary N) is 2. The number of nitrogens with zero attached hydrogens (tertiary/aromatic N) is 3. The van der Waals surface area contributed by atoms with Crippen molar-refractivity contribution < 1.29 is 0 Å². The van der Waals surface area contributed by atoms with Gasteiger partial charge in [0.15, 0.2) is 5.82 Å². The van der Waals surface area contributed by atoms with Gasteiger partial charge in [-0.1, -0.05) is 41.4 Å². The molecule has 1 aromatic heterocycles. The zero-order valence-corrected chi connectivity index (χ0v) is 13.4. The molecule has 23 heavy (non-hydrogen) atoms. The first-order chi connectivity index (χ1) is 11.2. The van der Waals surface area contributed by atoms with E-state index in [4.69, 9.17) is 11.6 Å². The van der Waals surface area contributed by atoms with Gasteiger partial charge in [-0.2, -0.15) is 10.1 Å². The van der Waals surface area contributed by atoms with Crippen molar-refractivity contribution in [3.63, 3.8) is 0 Å². The van der Waals surface area contributed by atoms with Gasteiger partial charge in [0.1, 0.15) is 0 Å². The summed E-state index contributed by atoms with van der Waals surface area (Å²) in [6, 6.07) is 15.7. The van der Waals surface area contributed by atoms with Gasteiger partial charge in [0.25, 0.3) is 0 Å². The summed E-state index contributed by atoms with van der Waals surface area (Å²) in [5.41, 5.74) is 3.24. The van der Waals surface area contributed by atoms with Gasteiger partial charge in [-0.15, -0.1) is 5.10 Å². The molecule has 6 heteroatoms. The monoisotopic (exact) mass is 325 g/mol. The molecule has 3 aromatic rings. The van der Waals surface area contributed by atoms with E-state index >= 15 is 0 Å². The molecule has 0 saturated heterocycles. The SMILES string of the molecule is Cc1ccc(Nc2nncc(NCc3ccc(Cl)cc3)n2)cc1. The van der Waals surface area contributed by atoms with Crippen LogP contribution in [-0.4, -0.2) is 15.2 Å². The lowest BCUT2D eigenvalue weighted by Crippen LogP contribution is -2.05. The Morgan fingerprint density at radius 3 is 2.48 bits per heavy atom. The maximum Gasteiger partial charge on any atom is 0.249 e. The van der Waals surface area contributed by atoms with Crippen LogP contribution in [0.5, 0.6) is 0 Å². The molecule has 0 saturated carbocycles. The molecule has 2 aromatic carbocycles. The molecule has 0 bridgehead atoms. The summed E-state index contributed by atoms with van der Waals surface area (Å²) >= 11 is 5.88. The highest BCUT2D eigenvalue weighted by molar-refractivity contribution is 6.30. The Kier molecular flexibility index (Phi) is 4.68. The summed E-state index contributed by atoms with van der Waals surface area (Å²) in [5, 5.41) is 15.0. The largest absolute Gasteiger partial charge is 0.365 e. The minimum absolute atomic E-state index is 0.454. The molecular formula is C17H16ClN5. The third-order valence-electron chi connectivity index (χ3n) is 3.25. The summed E-state index contributed by atoms with van der Waals surface area (Å²) in [7, 11) is 0. The standard InChI is InChI=1S/C17H16ClN5/c1-12-2-8-15(9-3-12)21-17-22-16(11-20-23-17)19-10-13-4-6-14(18)7-5-13/h2-9,11H,10H2,1H3,(H2,19,21,22,23). The molecule has 0 radical (unpaired) electrons. The topological polar surface area (TPSA) is 62.7 Å². The third kappa shape index (κ3) is 4.40. The van der Waals surface area contributed by atoms with Gasteiger partial charge in [-0.25, -0.2) is 0 Å². The van der Waals surface area contributed by atoms with E-state index in [-0.39, 0.29) is 0 Å². The van der Waals surface area contributed by atoms with Crippen LogP contribution in [0.2, 0.25) is 5.02 Å². The summed E-state index contributed by atoms with van der Waals surface area (Å²) in [6.45, 7) is 2.68. The predicted molar refractivity (Wildman–Crippen MR) is 93.1 cm³/mol. The Labute approximate surface area is 139 Å². The molecule has 116 valence electrons. The van der Waals surface area contributed by atoms with Crippen molar-refractivity contribution >= 4 is 29.1 Å². The predicted octanol–water partition coefficient (Wildman–Crippen LogP) is 4.19. The second-order valence-electron chi connectivity index (χ2n) is 5.14. The number of aromatic nitrogens is 3. The van der Waals surface area contributed by atoms with Gasteiger partial charge in [0, 0.05) is 17.3 Å². The number of hydrogen-bond acceptors (Lipinski definition) is 5. The zero-order valence-electron chi connectivity index (χ0n) is 12.6. The number of rotatable bonds is 5. The fourth-order valence-corrected chi connectivity index (χ4v) is 2.13. The lowest BCUT2D eigenvalue weighted by Gasteiger charge is -2.08. The van der Waals surface area contributed by atoms with Gasteiger partial charge in [-0.3, -0.25) is 0 Å². The second kappa shape index (κ2) is 7.07. The normalized spacial score (nSPS) is 10.3. The van der Waals surface area contributed by atoms with Gasteiger partial charge >= 0.3 is 0 Å². The minimum atomic E-state index is 0.454. The molecule has 2 N–H and O–H groups in total. The van der Waals surface area contributed by atoms with Gasteiger partial charge in [0.2, 0.25) is 5.95 Å². The Hall–Kier alpha value is -2.66. The summed E-state index contributed by atoms with van der Waals surface area (Å²) in [6.07, 6.45) is 1.59. The minimum Gasteiger partial charge on any atom is -0.365 e. The van der Waals surface area contributed by atoms with E-state index in [9.17, 15) is 0 Å². The van der Waals surface area contributed by atoms with Crippen LogP contribution in [0, 0.1) is 6.92 Å². The van der Waals surface area contributed by atoms with E-state index in [1.807, 2.05) is 55.5 Å². The van der Waals surface area contributed by atoms with E-state index in [0.717, 1.165) is 16.3 Å². The maximum absolute atomic E-state index is 5.88. The van der Waals surface area contributed by atoms with Crippen LogP contribution in [-0.2, 0) is 6.54 Å². The van der Waals surface area contributed by atoms with Gasteiger partial charge in [0.05, 0.1) is 6.20 Å².